The Morgan fingerprint density at radius 2 is 1.81 bits per heavy atom. The molecule has 0 spiro atoms. The van der Waals surface area contributed by atoms with E-state index in [-0.39, 0.29) is 17.2 Å². The Labute approximate surface area is 149 Å². The van der Waals surface area contributed by atoms with Gasteiger partial charge in [0, 0.05) is 22.7 Å². The maximum absolute atomic E-state index is 13.1. The number of phenolic OH excluding ortho intramolecular Hbond substituents is 1. The number of rotatable bonds is 3. The van der Waals surface area contributed by atoms with Gasteiger partial charge in [-0.1, -0.05) is 0 Å². The first-order valence-corrected chi connectivity index (χ1v) is 8.68. The molecule has 4 rings (SSSR count). The van der Waals surface area contributed by atoms with Crippen molar-refractivity contribution < 1.29 is 18.8 Å². The van der Waals surface area contributed by atoms with Gasteiger partial charge in [0.05, 0.1) is 26.2 Å². The van der Waals surface area contributed by atoms with Gasteiger partial charge in [0.25, 0.3) is 0 Å². The molecule has 2 heterocycles. The Kier molecular flexibility index (Phi) is 4.34. The zero-order valence-corrected chi connectivity index (χ0v) is 14.2. The van der Waals surface area contributed by atoms with Crippen molar-refractivity contribution in [1.29, 1.82) is 0 Å². The molecule has 26 heavy (non-hydrogen) atoms. The van der Waals surface area contributed by atoms with Crippen molar-refractivity contribution >= 4 is 16.7 Å². The van der Waals surface area contributed by atoms with Crippen molar-refractivity contribution in [1.82, 2.24) is 0 Å². The Balaban J connectivity index is 1.49. The van der Waals surface area contributed by atoms with Crippen LogP contribution in [0.3, 0.4) is 0 Å². The molecule has 134 valence electrons. The van der Waals surface area contributed by atoms with Gasteiger partial charge in [-0.05, 0) is 42.5 Å². The van der Waals surface area contributed by atoms with Crippen LogP contribution in [0.25, 0.3) is 11.0 Å². The quantitative estimate of drug-likeness (QED) is 0.700. The number of phenols is 1. The molecule has 2 aromatic carbocycles. The molecular weight excluding hydrogens is 335 g/mol. The van der Waals surface area contributed by atoms with Crippen LogP contribution in [0.5, 0.6) is 5.75 Å². The topological polar surface area (TPSA) is 58.1 Å². The van der Waals surface area contributed by atoms with E-state index in [0.29, 0.717) is 12.1 Å². The number of aromatic hydroxyl groups is 1. The third-order valence-electron chi connectivity index (χ3n) is 4.91. The summed E-state index contributed by atoms with van der Waals surface area (Å²) < 4.78 is 18.3. The second-order valence-corrected chi connectivity index (χ2v) is 6.66. The fourth-order valence-corrected chi connectivity index (χ4v) is 3.54. The van der Waals surface area contributed by atoms with E-state index < -0.39 is 0 Å². The first-order chi connectivity index (χ1) is 12.6. The maximum Gasteiger partial charge on any atom is 0.336 e. The van der Waals surface area contributed by atoms with Gasteiger partial charge in [0.15, 0.2) is 0 Å². The van der Waals surface area contributed by atoms with Crippen molar-refractivity contribution in [3.63, 3.8) is 0 Å². The molecule has 0 aliphatic carbocycles. The smallest absolute Gasteiger partial charge is 0.336 e. The molecule has 0 unspecified atom stereocenters. The number of quaternary nitrogens is 1. The van der Waals surface area contributed by atoms with Gasteiger partial charge in [-0.25, -0.2) is 9.18 Å². The predicted octanol–water partition coefficient (Wildman–Crippen LogP) is 1.54. The molecule has 5 nitrogen and oxygen atoms in total. The third kappa shape index (κ3) is 3.41. The summed E-state index contributed by atoms with van der Waals surface area (Å²) in [4.78, 5) is 15.4. The molecule has 6 heteroatoms. The number of hydrogen-bond donors (Lipinski definition) is 2. The van der Waals surface area contributed by atoms with Crippen LogP contribution in [0.2, 0.25) is 0 Å². The minimum atomic E-state index is -0.373. The number of hydrogen-bond acceptors (Lipinski definition) is 4. The summed E-state index contributed by atoms with van der Waals surface area (Å²) in [5.41, 5.74) is 2.04. The predicted molar refractivity (Wildman–Crippen MR) is 97.2 cm³/mol. The number of benzene rings is 2. The van der Waals surface area contributed by atoms with Crippen LogP contribution in [0.1, 0.15) is 5.56 Å². The molecule has 3 aromatic rings. The molecule has 0 saturated carbocycles. The standard InChI is InChI=1S/C20H19FN2O3/c21-15-1-3-16(4-2-15)23-9-7-22(8-10-23)13-14-11-20(25)26-19-6-5-17(24)12-18(14)19/h1-6,11-12,24H,7-10,13H2/p+1. The van der Waals surface area contributed by atoms with Crippen LogP contribution in [0, 0.1) is 5.82 Å². The highest BCUT2D eigenvalue weighted by Gasteiger charge is 2.21. The lowest BCUT2D eigenvalue weighted by atomic mass is 10.1. The molecule has 0 bridgehead atoms. The zero-order valence-electron chi connectivity index (χ0n) is 14.2. The molecular formula is C20H20FN2O3+. The van der Waals surface area contributed by atoms with E-state index in [9.17, 15) is 14.3 Å². The third-order valence-corrected chi connectivity index (χ3v) is 4.91. The second kappa shape index (κ2) is 6.80. The van der Waals surface area contributed by atoms with E-state index in [1.165, 1.54) is 29.2 Å². The van der Waals surface area contributed by atoms with Gasteiger partial charge in [0.1, 0.15) is 23.7 Å². The van der Waals surface area contributed by atoms with Crippen LogP contribution in [0.15, 0.2) is 57.7 Å². The van der Waals surface area contributed by atoms with E-state index in [1.54, 1.807) is 24.3 Å². The van der Waals surface area contributed by atoms with Crippen molar-refractivity contribution in [3.05, 3.63) is 70.3 Å². The van der Waals surface area contributed by atoms with E-state index in [1.807, 2.05) is 0 Å². The highest BCUT2D eigenvalue weighted by atomic mass is 19.1. The highest BCUT2D eigenvalue weighted by molar-refractivity contribution is 5.81. The van der Waals surface area contributed by atoms with Crippen molar-refractivity contribution in [3.8, 4) is 5.75 Å². The van der Waals surface area contributed by atoms with Crippen LogP contribution >= 0.6 is 0 Å². The molecule has 1 saturated heterocycles. The highest BCUT2D eigenvalue weighted by Crippen LogP contribution is 2.21. The lowest BCUT2D eigenvalue weighted by Crippen LogP contribution is -3.13. The van der Waals surface area contributed by atoms with Crippen LogP contribution in [-0.2, 0) is 6.54 Å². The fourth-order valence-electron chi connectivity index (χ4n) is 3.54. The number of piperazine rings is 1. The SMILES string of the molecule is O=c1cc(C[NH+]2CCN(c3ccc(F)cc3)CC2)c2cc(O)ccc2o1. The van der Waals surface area contributed by atoms with E-state index in [0.717, 1.165) is 42.8 Å². The van der Waals surface area contributed by atoms with Crippen LogP contribution in [0.4, 0.5) is 10.1 Å². The molecule has 0 radical (unpaired) electrons. The van der Waals surface area contributed by atoms with Crippen molar-refractivity contribution in [2.45, 2.75) is 6.54 Å². The Bertz CT molecular complexity index is 977. The normalized spacial score (nSPS) is 15.5. The fraction of sp³-hybridized carbons (Fsp3) is 0.250. The Morgan fingerprint density at radius 1 is 1.08 bits per heavy atom. The van der Waals surface area contributed by atoms with Gasteiger partial charge in [-0.2, -0.15) is 0 Å². The summed E-state index contributed by atoms with van der Waals surface area (Å²) >= 11 is 0. The summed E-state index contributed by atoms with van der Waals surface area (Å²) in [5.74, 6) is -0.0696. The molecule has 1 aromatic heterocycles. The number of nitrogens with zero attached hydrogens (tertiary/aromatic N) is 1. The molecule has 0 atom stereocenters. The van der Waals surface area contributed by atoms with Crippen molar-refractivity contribution in [2.24, 2.45) is 0 Å². The van der Waals surface area contributed by atoms with Crippen molar-refractivity contribution in [2.75, 3.05) is 31.1 Å². The zero-order chi connectivity index (χ0) is 18.1. The Hall–Kier alpha value is -2.86. The number of anilines is 1. The molecule has 0 amide bonds. The molecule has 1 aliphatic heterocycles. The van der Waals surface area contributed by atoms with Gasteiger partial charge in [-0.3, -0.25) is 0 Å². The van der Waals surface area contributed by atoms with Gasteiger partial charge in [-0.15, -0.1) is 0 Å². The number of fused-ring (bicyclic) bond motifs is 1. The summed E-state index contributed by atoms with van der Waals surface area (Å²) in [6.07, 6.45) is 0. The van der Waals surface area contributed by atoms with E-state index in [2.05, 4.69) is 4.90 Å². The van der Waals surface area contributed by atoms with E-state index in [4.69, 9.17) is 4.42 Å². The van der Waals surface area contributed by atoms with Crippen LogP contribution < -0.4 is 15.4 Å². The summed E-state index contributed by atoms with van der Waals surface area (Å²) in [6, 6.07) is 12.9. The second-order valence-electron chi connectivity index (χ2n) is 6.66. The van der Waals surface area contributed by atoms with Gasteiger partial charge >= 0.3 is 5.63 Å². The molecule has 1 fully saturated rings. The van der Waals surface area contributed by atoms with Gasteiger partial charge < -0.3 is 19.3 Å². The first-order valence-electron chi connectivity index (χ1n) is 8.68. The summed E-state index contributed by atoms with van der Waals surface area (Å²) in [5, 5.41) is 10.5. The summed E-state index contributed by atoms with van der Waals surface area (Å²) in [6.45, 7) is 4.26. The monoisotopic (exact) mass is 355 g/mol. The average molecular weight is 355 g/mol. The largest absolute Gasteiger partial charge is 0.508 e. The minimum Gasteiger partial charge on any atom is -0.508 e. The lowest BCUT2D eigenvalue weighted by molar-refractivity contribution is -0.914. The lowest BCUT2D eigenvalue weighted by Gasteiger charge is -2.33. The first kappa shape index (κ1) is 16.6. The van der Waals surface area contributed by atoms with Crippen LogP contribution in [-0.4, -0.2) is 31.3 Å². The van der Waals surface area contributed by atoms with Gasteiger partial charge in [0.2, 0.25) is 0 Å². The van der Waals surface area contributed by atoms with E-state index >= 15 is 0 Å². The number of nitrogens with one attached hydrogen (secondary N) is 1. The molecule has 2 N–H and O–H groups in total. The maximum atomic E-state index is 13.1. The summed E-state index contributed by atoms with van der Waals surface area (Å²) in [7, 11) is 0. The Morgan fingerprint density at radius 3 is 2.54 bits per heavy atom. The number of halogens is 1. The average Bonchev–Trinajstić information content (AvgIpc) is 2.64. The molecule has 1 aliphatic rings. The minimum absolute atomic E-state index is 0.156.